The molecule has 56 heavy (non-hydrogen) atoms. The number of nitrogens with zero attached hydrogens (tertiary/aromatic N) is 4. The molecule has 0 aliphatic heterocycles. The molecule has 0 bridgehead atoms. The summed E-state index contributed by atoms with van der Waals surface area (Å²) in [7, 11) is 0. The molecular weight excluding hydrogens is 750 g/mol. The second kappa shape index (κ2) is 20.4. The highest BCUT2D eigenvalue weighted by molar-refractivity contribution is 6.30. The number of amides is 1. The number of carbonyl (C=O) groups excluding carboxylic acids is 1. The topological polar surface area (TPSA) is 174 Å². The number of carboxylic acid groups (broad SMARTS) is 2. The van der Waals surface area contributed by atoms with Gasteiger partial charge in [0.05, 0.1) is 10.9 Å². The van der Waals surface area contributed by atoms with E-state index in [1.165, 1.54) is 12.1 Å². The average molecular weight is 793 g/mol. The summed E-state index contributed by atoms with van der Waals surface area (Å²) in [5.41, 5.74) is 3.41. The van der Waals surface area contributed by atoms with Crippen LogP contribution < -0.4 is 5.56 Å². The molecule has 0 fully saturated rings. The first kappa shape index (κ1) is 43.2. The Kier molecular flexibility index (Phi) is 15.7. The molecule has 15 heteroatoms. The van der Waals surface area contributed by atoms with Crippen molar-refractivity contribution in [3.05, 3.63) is 135 Å². The molecule has 2 unspecified atom stereocenters. The highest BCUT2D eigenvalue weighted by Gasteiger charge is 2.29. The smallest absolute Gasteiger partial charge is 0.335 e. The SMILES string of the molecule is CCN(CC)CCN(Cc1ccc(-c2ccc(Cl)cc2)cc1)C(=O)Cn1c(CCc2cccc(F)c2F)nc(=O)c2ccccc21.O=C(O)C(O)C(O)C(=O)O. The Hall–Kier alpha value is -5.54. The lowest BCUT2D eigenvalue weighted by molar-refractivity contribution is -0.165. The molecule has 0 aliphatic rings. The highest BCUT2D eigenvalue weighted by Crippen LogP contribution is 2.23. The second-order valence-electron chi connectivity index (χ2n) is 12.8. The number of rotatable bonds is 16. The number of para-hydroxylation sites is 1. The standard InChI is InChI=1S/C37H37ClF2N4O2.C4H6O6/c1-3-42(4-2)22-23-43(24-26-12-14-27(15-13-26)28-16-19-30(38)20-17-28)35(45)25-44-33-11-6-5-9-31(33)37(46)41-34(44)21-18-29-8-7-10-32(39)36(29)40;5-1(3(7)8)2(6)4(9)10/h5-17,19-20H,3-4,18,21-25H2,1-2H3;1-2,5-6H,(H,7,8)(H,9,10). The highest BCUT2D eigenvalue weighted by atomic mass is 35.5. The Morgan fingerprint density at radius 3 is 1.96 bits per heavy atom. The first-order chi connectivity index (χ1) is 26.7. The normalized spacial score (nSPS) is 12.1. The molecule has 296 valence electrons. The zero-order valence-electron chi connectivity index (χ0n) is 30.8. The summed E-state index contributed by atoms with van der Waals surface area (Å²) in [5, 5.41) is 33.6. The molecule has 0 aliphatic carbocycles. The van der Waals surface area contributed by atoms with Gasteiger partial charge in [0.1, 0.15) is 12.4 Å². The lowest BCUT2D eigenvalue weighted by Gasteiger charge is -2.28. The number of aliphatic hydroxyl groups excluding tert-OH is 2. The largest absolute Gasteiger partial charge is 0.479 e. The quantitative estimate of drug-likeness (QED) is 0.106. The summed E-state index contributed by atoms with van der Waals surface area (Å²) in [6.45, 7) is 7.47. The van der Waals surface area contributed by atoms with Gasteiger partial charge in [-0.25, -0.2) is 18.4 Å². The van der Waals surface area contributed by atoms with Gasteiger partial charge >= 0.3 is 11.9 Å². The van der Waals surface area contributed by atoms with Gasteiger partial charge < -0.3 is 34.8 Å². The van der Waals surface area contributed by atoms with Crippen LogP contribution in [0.1, 0.15) is 30.8 Å². The van der Waals surface area contributed by atoms with Crippen LogP contribution in [0.2, 0.25) is 5.02 Å². The van der Waals surface area contributed by atoms with Crippen LogP contribution in [-0.2, 0) is 40.3 Å². The summed E-state index contributed by atoms with van der Waals surface area (Å²) in [6.07, 6.45) is -4.26. The van der Waals surface area contributed by atoms with E-state index in [2.05, 4.69) is 23.7 Å². The maximum Gasteiger partial charge on any atom is 0.335 e. The predicted molar refractivity (Wildman–Crippen MR) is 207 cm³/mol. The second-order valence-corrected chi connectivity index (χ2v) is 13.2. The Balaban J connectivity index is 0.000000613. The van der Waals surface area contributed by atoms with Crippen molar-refractivity contribution in [2.24, 2.45) is 0 Å². The number of aliphatic hydroxyl groups is 2. The Bertz CT molecular complexity index is 2160. The monoisotopic (exact) mass is 792 g/mol. The molecule has 0 spiro atoms. The number of likely N-dealkylation sites (N-methyl/N-ethyl adjacent to an activating group) is 1. The maximum absolute atomic E-state index is 14.5. The minimum Gasteiger partial charge on any atom is -0.479 e. The fourth-order valence-electron chi connectivity index (χ4n) is 5.89. The van der Waals surface area contributed by atoms with Gasteiger partial charge in [-0.15, -0.1) is 0 Å². The first-order valence-electron chi connectivity index (χ1n) is 17.8. The molecule has 1 heterocycles. The number of hydrogen-bond donors (Lipinski definition) is 4. The number of benzene rings is 4. The third-order valence-corrected chi connectivity index (χ3v) is 9.41. The van der Waals surface area contributed by atoms with Gasteiger partial charge in [0, 0.05) is 31.1 Å². The molecule has 5 rings (SSSR count). The number of aliphatic carboxylic acids is 2. The van der Waals surface area contributed by atoms with Crippen molar-refractivity contribution in [3.63, 3.8) is 0 Å². The van der Waals surface area contributed by atoms with Crippen molar-refractivity contribution in [3.8, 4) is 11.1 Å². The molecule has 0 saturated carbocycles. The number of carboxylic acids is 2. The van der Waals surface area contributed by atoms with E-state index in [9.17, 15) is 28.0 Å². The Morgan fingerprint density at radius 1 is 0.786 bits per heavy atom. The lowest BCUT2D eigenvalue weighted by atomic mass is 10.0. The summed E-state index contributed by atoms with van der Waals surface area (Å²) in [6, 6.07) is 26.8. The first-order valence-corrected chi connectivity index (χ1v) is 18.2. The lowest BCUT2D eigenvalue weighted by Crippen LogP contribution is -2.40. The van der Waals surface area contributed by atoms with Gasteiger partial charge in [0.2, 0.25) is 5.91 Å². The van der Waals surface area contributed by atoms with Crippen molar-refractivity contribution in [1.82, 2.24) is 19.4 Å². The molecule has 5 aromatic rings. The molecule has 2 atom stereocenters. The van der Waals surface area contributed by atoms with Crippen molar-refractivity contribution in [1.29, 1.82) is 0 Å². The maximum atomic E-state index is 14.5. The van der Waals surface area contributed by atoms with Gasteiger partial charge in [0.25, 0.3) is 5.56 Å². The van der Waals surface area contributed by atoms with Crippen LogP contribution in [0, 0.1) is 11.6 Å². The third kappa shape index (κ3) is 11.5. The molecule has 1 aromatic heterocycles. The number of aryl methyl sites for hydroxylation is 2. The van der Waals surface area contributed by atoms with E-state index in [4.69, 9.17) is 32.0 Å². The van der Waals surface area contributed by atoms with Crippen LogP contribution in [0.15, 0.2) is 95.8 Å². The average Bonchev–Trinajstić information content (AvgIpc) is 3.19. The number of carbonyl (C=O) groups is 3. The summed E-state index contributed by atoms with van der Waals surface area (Å²) < 4.78 is 30.1. The van der Waals surface area contributed by atoms with Crippen LogP contribution in [-0.4, -0.2) is 96.0 Å². The summed E-state index contributed by atoms with van der Waals surface area (Å²) >= 11 is 6.06. The van der Waals surface area contributed by atoms with Crippen molar-refractivity contribution >= 4 is 40.3 Å². The zero-order chi connectivity index (χ0) is 40.9. The third-order valence-electron chi connectivity index (χ3n) is 9.15. The van der Waals surface area contributed by atoms with Crippen LogP contribution in [0.4, 0.5) is 8.78 Å². The van der Waals surface area contributed by atoms with E-state index >= 15 is 0 Å². The van der Waals surface area contributed by atoms with Crippen LogP contribution in [0.25, 0.3) is 22.0 Å². The van der Waals surface area contributed by atoms with Gasteiger partial charge in [-0.05, 0) is 72.1 Å². The zero-order valence-corrected chi connectivity index (χ0v) is 31.6. The van der Waals surface area contributed by atoms with Gasteiger partial charge in [-0.2, -0.15) is 4.98 Å². The number of fused-ring (bicyclic) bond motifs is 1. The minimum atomic E-state index is -2.27. The van der Waals surface area contributed by atoms with Gasteiger partial charge in [-0.3, -0.25) is 9.59 Å². The summed E-state index contributed by atoms with van der Waals surface area (Å²) in [5.74, 6) is -5.18. The van der Waals surface area contributed by atoms with Crippen molar-refractivity contribution in [2.75, 3.05) is 26.2 Å². The van der Waals surface area contributed by atoms with Crippen LogP contribution in [0.5, 0.6) is 0 Å². The Labute approximate surface area is 326 Å². The molecule has 0 saturated heterocycles. The van der Waals surface area contributed by atoms with Gasteiger partial charge in [0.15, 0.2) is 23.8 Å². The minimum absolute atomic E-state index is 0.0597. The molecule has 0 radical (unpaired) electrons. The number of aromatic nitrogens is 2. The van der Waals surface area contributed by atoms with Gasteiger partial charge in [-0.1, -0.05) is 86.1 Å². The van der Waals surface area contributed by atoms with E-state index in [-0.39, 0.29) is 30.9 Å². The fraction of sp³-hybridized carbons (Fsp3) is 0.293. The molecule has 12 nitrogen and oxygen atoms in total. The molecule has 4 aromatic carbocycles. The summed E-state index contributed by atoms with van der Waals surface area (Å²) in [4.78, 5) is 55.1. The van der Waals surface area contributed by atoms with E-state index in [0.717, 1.165) is 35.8 Å². The van der Waals surface area contributed by atoms with Crippen molar-refractivity contribution < 1.29 is 43.6 Å². The van der Waals surface area contributed by atoms with E-state index in [1.54, 1.807) is 28.8 Å². The van der Waals surface area contributed by atoms with E-state index < -0.39 is 41.3 Å². The molecular formula is C41H43ClF2N4O8. The van der Waals surface area contributed by atoms with Crippen LogP contribution in [0.3, 0.4) is 0 Å². The molecule has 1 amide bonds. The molecule has 4 N–H and O–H groups in total. The number of hydrogen-bond acceptors (Lipinski definition) is 8. The predicted octanol–water partition coefficient (Wildman–Crippen LogP) is 5.03. The Morgan fingerprint density at radius 2 is 1.38 bits per heavy atom. The van der Waals surface area contributed by atoms with E-state index in [0.29, 0.717) is 41.4 Å². The van der Waals surface area contributed by atoms with Crippen molar-refractivity contribution in [2.45, 2.75) is 52.0 Å². The van der Waals surface area contributed by atoms with E-state index in [1.807, 2.05) is 53.4 Å². The number of halogens is 3. The fourth-order valence-corrected chi connectivity index (χ4v) is 6.01. The van der Waals surface area contributed by atoms with Crippen LogP contribution >= 0.6 is 11.6 Å².